The molecule has 3 heteroatoms. The predicted molar refractivity (Wildman–Crippen MR) is 79.2 cm³/mol. The van der Waals surface area contributed by atoms with Gasteiger partial charge in [-0.2, -0.15) is 0 Å². The van der Waals surface area contributed by atoms with E-state index in [1.165, 1.54) is 5.56 Å². The van der Waals surface area contributed by atoms with Gasteiger partial charge in [0.2, 0.25) is 0 Å². The summed E-state index contributed by atoms with van der Waals surface area (Å²) < 4.78 is 1.96. The van der Waals surface area contributed by atoms with Crippen molar-refractivity contribution in [1.82, 2.24) is 9.38 Å². The van der Waals surface area contributed by atoms with E-state index >= 15 is 0 Å². The Kier molecular flexibility index (Phi) is 2.75. The highest BCUT2D eigenvalue weighted by molar-refractivity contribution is 5.77. The maximum Gasteiger partial charge on any atom is 0.142 e. The van der Waals surface area contributed by atoms with E-state index in [4.69, 9.17) is 10.7 Å². The number of benzene rings is 1. The molecule has 2 heterocycles. The minimum absolute atomic E-state index is 0.708. The molecule has 19 heavy (non-hydrogen) atoms. The van der Waals surface area contributed by atoms with Crippen LogP contribution in [0.4, 0.5) is 5.82 Å². The first-order valence-electron chi connectivity index (χ1n) is 6.53. The van der Waals surface area contributed by atoms with E-state index in [-0.39, 0.29) is 0 Å². The molecule has 0 aliphatic heterocycles. The van der Waals surface area contributed by atoms with Crippen molar-refractivity contribution in [3.63, 3.8) is 0 Å². The van der Waals surface area contributed by atoms with Gasteiger partial charge in [0.05, 0.1) is 0 Å². The van der Waals surface area contributed by atoms with Crippen LogP contribution in [-0.4, -0.2) is 9.38 Å². The largest absolute Gasteiger partial charge is 0.383 e. The second-order valence-electron chi connectivity index (χ2n) is 4.74. The molecule has 0 saturated heterocycles. The molecule has 0 aliphatic carbocycles. The van der Waals surface area contributed by atoms with Crippen LogP contribution in [-0.2, 0) is 6.42 Å². The van der Waals surface area contributed by atoms with Crippen LogP contribution in [0.3, 0.4) is 0 Å². The van der Waals surface area contributed by atoms with Gasteiger partial charge in [-0.3, -0.25) is 4.40 Å². The van der Waals surface area contributed by atoms with Crippen molar-refractivity contribution in [3.8, 4) is 11.3 Å². The van der Waals surface area contributed by atoms with Crippen LogP contribution in [0, 0.1) is 6.92 Å². The normalized spacial score (nSPS) is 11.1. The predicted octanol–water partition coefficient (Wildman–Crippen LogP) is 3.45. The zero-order chi connectivity index (χ0) is 13.4. The molecule has 3 rings (SSSR count). The van der Waals surface area contributed by atoms with Gasteiger partial charge < -0.3 is 5.73 Å². The van der Waals surface area contributed by atoms with Crippen molar-refractivity contribution in [1.29, 1.82) is 0 Å². The number of nitrogens with two attached hydrogens (primary N) is 1. The van der Waals surface area contributed by atoms with Crippen LogP contribution in [0.2, 0.25) is 0 Å². The van der Waals surface area contributed by atoms with Gasteiger partial charge in [0, 0.05) is 11.8 Å². The summed E-state index contributed by atoms with van der Waals surface area (Å²) in [5.41, 5.74) is 11.6. The van der Waals surface area contributed by atoms with Gasteiger partial charge in [-0.25, -0.2) is 4.98 Å². The van der Waals surface area contributed by atoms with Gasteiger partial charge in [0.25, 0.3) is 0 Å². The maximum atomic E-state index is 6.26. The Morgan fingerprint density at radius 1 is 1.16 bits per heavy atom. The fourth-order valence-corrected chi connectivity index (χ4v) is 2.48. The lowest BCUT2D eigenvalue weighted by molar-refractivity contribution is 1.14. The zero-order valence-corrected chi connectivity index (χ0v) is 11.2. The Morgan fingerprint density at radius 3 is 2.68 bits per heavy atom. The molecule has 0 saturated carbocycles. The average molecular weight is 251 g/mol. The molecule has 0 radical (unpaired) electrons. The van der Waals surface area contributed by atoms with Crippen molar-refractivity contribution in [3.05, 3.63) is 53.7 Å². The van der Waals surface area contributed by atoms with Gasteiger partial charge >= 0.3 is 0 Å². The van der Waals surface area contributed by atoms with Crippen molar-refractivity contribution in [2.24, 2.45) is 0 Å². The number of pyridine rings is 1. The third-order valence-corrected chi connectivity index (χ3v) is 3.54. The lowest BCUT2D eigenvalue weighted by Crippen LogP contribution is -1.95. The lowest BCUT2D eigenvalue weighted by Gasteiger charge is -2.05. The topological polar surface area (TPSA) is 43.3 Å². The number of anilines is 1. The van der Waals surface area contributed by atoms with E-state index < -0.39 is 0 Å². The summed E-state index contributed by atoms with van der Waals surface area (Å²) in [4.78, 5) is 4.73. The first-order valence-corrected chi connectivity index (χ1v) is 6.53. The summed E-state index contributed by atoms with van der Waals surface area (Å²) >= 11 is 0. The van der Waals surface area contributed by atoms with Crippen molar-refractivity contribution in [2.45, 2.75) is 20.3 Å². The van der Waals surface area contributed by atoms with Crippen LogP contribution in [0.15, 0.2) is 42.6 Å². The van der Waals surface area contributed by atoms with Gasteiger partial charge in [-0.15, -0.1) is 0 Å². The number of nitrogen functional groups attached to an aromatic ring is 1. The molecule has 1 aromatic carbocycles. The molecular formula is C16H17N3. The number of nitrogens with zero attached hydrogens (tertiary/aromatic N) is 2. The standard InChI is InChI=1S/C16H17N3/c1-3-12-8-4-5-9-13(12)14-15(17)19-10-6-7-11(2)16(19)18-14/h4-10H,3,17H2,1-2H3. The molecule has 0 fully saturated rings. The SMILES string of the molecule is CCc1ccccc1-c1nc2c(C)cccn2c1N. The van der Waals surface area contributed by atoms with Gasteiger partial charge in [0.15, 0.2) is 0 Å². The van der Waals surface area contributed by atoms with Gasteiger partial charge in [-0.05, 0) is 30.5 Å². The quantitative estimate of drug-likeness (QED) is 0.758. The summed E-state index contributed by atoms with van der Waals surface area (Å²) in [6, 6.07) is 12.4. The van der Waals surface area contributed by atoms with Crippen molar-refractivity contribution in [2.75, 3.05) is 5.73 Å². The van der Waals surface area contributed by atoms with E-state index in [1.807, 2.05) is 22.7 Å². The van der Waals surface area contributed by atoms with Crippen LogP contribution >= 0.6 is 0 Å². The Hall–Kier alpha value is -2.29. The van der Waals surface area contributed by atoms with E-state index in [0.717, 1.165) is 28.9 Å². The summed E-state index contributed by atoms with van der Waals surface area (Å²) in [5, 5.41) is 0. The highest BCUT2D eigenvalue weighted by Gasteiger charge is 2.14. The third kappa shape index (κ3) is 1.78. The number of aryl methyl sites for hydroxylation is 2. The average Bonchev–Trinajstić information content (AvgIpc) is 2.78. The minimum Gasteiger partial charge on any atom is -0.383 e. The van der Waals surface area contributed by atoms with E-state index in [9.17, 15) is 0 Å². The molecule has 2 aromatic heterocycles. The monoisotopic (exact) mass is 251 g/mol. The minimum atomic E-state index is 0.708. The molecule has 0 bridgehead atoms. The highest BCUT2D eigenvalue weighted by Crippen LogP contribution is 2.30. The number of aromatic nitrogens is 2. The van der Waals surface area contributed by atoms with Gasteiger partial charge in [0.1, 0.15) is 17.2 Å². The first-order chi connectivity index (χ1) is 9.22. The van der Waals surface area contributed by atoms with Crippen molar-refractivity contribution >= 4 is 11.5 Å². The molecule has 0 unspecified atom stereocenters. The second kappa shape index (κ2) is 4.43. The van der Waals surface area contributed by atoms with Crippen LogP contribution in [0.25, 0.3) is 16.9 Å². The second-order valence-corrected chi connectivity index (χ2v) is 4.74. The Bertz CT molecular complexity index is 741. The molecule has 2 N–H and O–H groups in total. The van der Waals surface area contributed by atoms with E-state index in [0.29, 0.717) is 5.82 Å². The molecule has 96 valence electrons. The molecule has 0 amide bonds. The summed E-state index contributed by atoms with van der Waals surface area (Å²) in [6.07, 6.45) is 2.94. The highest BCUT2D eigenvalue weighted by atomic mass is 15.1. The Morgan fingerprint density at radius 2 is 1.95 bits per heavy atom. The fraction of sp³-hybridized carbons (Fsp3) is 0.188. The summed E-state index contributed by atoms with van der Waals surface area (Å²) in [5.74, 6) is 0.708. The van der Waals surface area contributed by atoms with E-state index in [1.54, 1.807) is 0 Å². The molecule has 0 aliphatic rings. The maximum absolute atomic E-state index is 6.26. The number of rotatable bonds is 2. The van der Waals surface area contributed by atoms with Crippen LogP contribution in [0.1, 0.15) is 18.1 Å². The zero-order valence-electron chi connectivity index (χ0n) is 11.2. The summed E-state index contributed by atoms with van der Waals surface area (Å²) in [7, 11) is 0. The Labute approximate surface area is 112 Å². The fourth-order valence-electron chi connectivity index (χ4n) is 2.48. The number of hydrogen-bond acceptors (Lipinski definition) is 2. The van der Waals surface area contributed by atoms with Crippen molar-refractivity contribution < 1.29 is 0 Å². The van der Waals surface area contributed by atoms with Crippen LogP contribution in [0.5, 0.6) is 0 Å². The molecule has 3 nitrogen and oxygen atoms in total. The number of fused-ring (bicyclic) bond motifs is 1. The lowest BCUT2D eigenvalue weighted by atomic mass is 10.0. The third-order valence-electron chi connectivity index (χ3n) is 3.54. The summed E-state index contributed by atoms with van der Waals surface area (Å²) in [6.45, 7) is 4.20. The van der Waals surface area contributed by atoms with E-state index in [2.05, 4.69) is 38.1 Å². The number of imidazole rings is 1. The van der Waals surface area contributed by atoms with Gasteiger partial charge in [-0.1, -0.05) is 37.3 Å². The Balaban J connectivity index is 2.31. The molecule has 3 aromatic rings. The molecule has 0 atom stereocenters. The molecule has 0 spiro atoms. The first kappa shape index (κ1) is 11.8. The van der Waals surface area contributed by atoms with Crippen LogP contribution < -0.4 is 5.73 Å². The number of hydrogen-bond donors (Lipinski definition) is 1. The smallest absolute Gasteiger partial charge is 0.142 e. The molecular weight excluding hydrogens is 234 g/mol.